The molecule has 3 heterocycles. The Balaban J connectivity index is 2.09. The van der Waals surface area contributed by atoms with Gasteiger partial charge in [-0.25, -0.2) is 4.98 Å². The Labute approximate surface area is 97.8 Å². The number of rotatable bonds is 1. The van der Waals surface area contributed by atoms with Gasteiger partial charge in [-0.15, -0.1) is 0 Å². The lowest BCUT2D eigenvalue weighted by Gasteiger charge is -1.95. The van der Waals surface area contributed by atoms with E-state index in [2.05, 4.69) is 15.1 Å². The predicted molar refractivity (Wildman–Crippen MR) is 61.4 cm³/mol. The van der Waals surface area contributed by atoms with Crippen LogP contribution in [0.1, 0.15) is 23.8 Å². The standard InChI is InChI=1S/C9H6N4OS2/c14-9-11-6-5(15-9)3-10-8-13(6)12-7(16-8)4-1-2-4/h3-4H,1-2H2. The summed E-state index contributed by atoms with van der Waals surface area (Å²) in [4.78, 5) is 20.9. The van der Waals surface area contributed by atoms with Crippen LogP contribution >= 0.6 is 22.7 Å². The number of fused-ring (bicyclic) bond motifs is 3. The fourth-order valence-corrected chi connectivity index (χ4v) is 3.35. The SMILES string of the molecule is O=c1nc2n3nc(C4CC4)sc3ncc-2s1. The topological polar surface area (TPSA) is 60.2 Å². The minimum atomic E-state index is -0.183. The predicted octanol–water partition coefficient (Wildman–Crippen LogP) is 1.59. The highest BCUT2D eigenvalue weighted by molar-refractivity contribution is 7.17. The average Bonchev–Trinajstić information content (AvgIpc) is 2.89. The van der Waals surface area contributed by atoms with Gasteiger partial charge in [-0.05, 0) is 12.8 Å². The van der Waals surface area contributed by atoms with Gasteiger partial charge in [0.1, 0.15) is 5.01 Å². The van der Waals surface area contributed by atoms with Crippen LogP contribution in [0, 0.1) is 0 Å². The third-order valence-electron chi connectivity index (χ3n) is 2.61. The molecule has 0 atom stereocenters. The second-order valence-corrected chi connectivity index (χ2v) is 5.82. The van der Waals surface area contributed by atoms with Gasteiger partial charge in [0.15, 0.2) is 5.82 Å². The third kappa shape index (κ3) is 1.15. The summed E-state index contributed by atoms with van der Waals surface area (Å²) in [5.74, 6) is 1.25. The third-order valence-corrected chi connectivity index (χ3v) is 4.47. The lowest BCUT2D eigenvalue weighted by Crippen LogP contribution is -1.99. The van der Waals surface area contributed by atoms with Crippen LogP contribution in [-0.4, -0.2) is 19.6 Å². The molecule has 80 valence electrons. The van der Waals surface area contributed by atoms with Crippen LogP contribution in [0.4, 0.5) is 0 Å². The summed E-state index contributed by atoms with van der Waals surface area (Å²) in [5, 5.41) is 5.61. The molecule has 1 aliphatic carbocycles. The minimum absolute atomic E-state index is 0.183. The van der Waals surface area contributed by atoms with Gasteiger partial charge in [-0.2, -0.15) is 14.6 Å². The lowest BCUT2D eigenvalue weighted by atomic mass is 10.5. The van der Waals surface area contributed by atoms with E-state index in [9.17, 15) is 4.79 Å². The van der Waals surface area contributed by atoms with E-state index in [4.69, 9.17) is 0 Å². The maximum absolute atomic E-state index is 11.2. The van der Waals surface area contributed by atoms with E-state index in [1.807, 2.05) is 0 Å². The summed E-state index contributed by atoms with van der Waals surface area (Å²) in [6, 6.07) is 0. The molecule has 7 heteroatoms. The first-order chi connectivity index (χ1) is 7.81. The van der Waals surface area contributed by atoms with E-state index in [0.29, 0.717) is 11.7 Å². The highest BCUT2D eigenvalue weighted by Gasteiger charge is 2.28. The normalized spacial score (nSPS) is 16.2. The Morgan fingerprint density at radius 1 is 1.38 bits per heavy atom. The molecule has 4 rings (SSSR count). The largest absolute Gasteiger partial charge is 0.329 e. The first-order valence-corrected chi connectivity index (χ1v) is 6.60. The van der Waals surface area contributed by atoms with E-state index in [1.165, 1.54) is 12.8 Å². The summed E-state index contributed by atoms with van der Waals surface area (Å²) < 4.78 is 1.70. The van der Waals surface area contributed by atoms with E-state index in [-0.39, 0.29) is 4.87 Å². The van der Waals surface area contributed by atoms with Crippen molar-refractivity contribution in [3.8, 4) is 10.7 Å². The van der Waals surface area contributed by atoms with Gasteiger partial charge >= 0.3 is 4.87 Å². The van der Waals surface area contributed by atoms with Crippen molar-refractivity contribution < 1.29 is 0 Å². The van der Waals surface area contributed by atoms with Crippen LogP contribution in [0.5, 0.6) is 0 Å². The zero-order valence-electron chi connectivity index (χ0n) is 8.08. The number of nitrogens with zero attached hydrogens (tertiary/aromatic N) is 4. The van der Waals surface area contributed by atoms with E-state index in [0.717, 1.165) is 26.2 Å². The van der Waals surface area contributed by atoms with Crippen LogP contribution in [0.3, 0.4) is 0 Å². The Bertz CT molecular complexity index is 708. The summed E-state index contributed by atoms with van der Waals surface area (Å²) in [5.41, 5.74) is 0. The zero-order chi connectivity index (χ0) is 10.7. The fourth-order valence-electron chi connectivity index (χ4n) is 1.67. The molecule has 0 unspecified atom stereocenters. The van der Waals surface area contributed by atoms with Crippen LogP contribution in [0.25, 0.3) is 15.7 Å². The molecule has 16 heavy (non-hydrogen) atoms. The van der Waals surface area contributed by atoms with Crippen LogP contribution < -0.4 is 4.87 Å². The molecule has 0 aromatic carbocycles. The highest BCUT2D eigenvalue weighted by Crippen LogP contribution is 2.42. The molecule has 1 fully saturated rings. The first kappa shape index (κ1) is 8.77. The van der Waals surface area contributed by atoms with Crippen molar-refractivity contribution in [3.63, 3.8) is 0 Å². The number of thiazole rings is 1. The Morgan fingerprint density at radius 2 is 2.25 bits per heavy atom. The van der Waals surface area contributed by atoms with Gasteiger partial charge in [0.25, 0.3) is 0 Å². The fraction of sp³-hybridized carbons (Fsp3) is 0.333. The molecule has 3 aliphatic rings. The average molecular weight is 250 g/mol. The van der Waals surface area contributed by atoms with E-state index >= 15 is 0 Å². The molecule has 1 saturated carbocycles. The Morgan fingerprint density at radius 3 is 3.06 bits per heavy atom. The molecule has 5 nitrogen and oxygen atoms in total. The Kier molecular flexibility index (Phi) is 1.57. The van der Waals surface area contributed by atoms with E-state index < -0.39 is 0 Å². The van der Waals surface area contributed by atoms with Gasteiger partial charge in [0.05, 0.1) is 11.1 Å². The monoisotopic (exact) mass is 250 g/mol. The zero-order valence-corrected chi connectivity index (χ0v) is 9.72. The number of aromatic nitrogens is 4. The number of hydrogen-bond acceptors (Lipinski definition) is 6. The van der Waals surface area contributed by atoms with Gasteiger partial charge in [0.2, 0.25) is 4.96 Å². The van der Waals surface area contributed by atoms with Crippen LogP contribution in [0.15, 0.2) is 11.0 Å². The van der Waals surface area contributed by atoms with E-state index in [1.54, 1.807) is 22.0 Å². The van der Waals surface area contributed by atoms with Gasteiger partial charge in [0, 0.05) is 5.92 Å². The van der Waals surface area contributed by atoms with Crippen molar-refractivity contribution in [2.24, 2.45) is 0 Å². The van der Waals surface area contributed by atoms with Gasteiger partial charge in [-0.1, -0.05) is 22.7 Å². The van der Waals surface area contributed by atoms with Crippen molar-refractivity contribution in [1.29, 1.82) is 0 Å². The van der Waals surface area contributed by atoms with Crippen molar-refractivity contribution in [3.05, 3.63) is 20.9 Å². The van der Waals surface area contributed by atoms with Crippen molar-refractivity contribution in [2.75, 3.05) is 0 Å². The van der Waals surface area contributed by atoms with Crippen LogP contribution in [0.2, 0.25) is 0 Å². The summed E-state index contributed by atoms with van der Waals surface area (Å²) in [6.45, 7) is 0. The van der Waals surface area contributed by atoms with Gasteiger partial charge in [-0.3, -0.25) is 4.79 Å². The lowest BCUT2D eigenvalue weighted by molar-refractivity contribution is 0.875. The highest BCUT2D eigenvalue weighted by atomic mass is 32.1. The summed E-state index contributed by atoms with van der Waals surface area (Å²) in [7, 11) is 0. The molecule has 0 saturated heterocycles. The van der Waals surface area contributed by atoms with Gasteiger partial charge < -0.3 is 0 Å². The molecular weight excluding hydrogens is 244 g/mol. The Hall–Kier alpha value is -1.34. The summed E-state index contributed by atoms with van der Waals surface area (Å²) >= 11 is 2.71. The molecule has 0 bridgehead atoms. The molecule has 0 radical (unpaired) electrons. The van der Waals surface area contributed by atoms with Crippen molar-refractivity contribution in [2.45, 2.75) is 18.8 Å². The molecule has 0 spiro atoms. The quantitative estimate of drug-likeness (QED) is 0.658. The molecule has 1 aromatic rings. The van der Waals surface area contributed by atoms with Crippen molar-refractivity contribution >= 4 is 27.6 Å². The molecule has 0 amide bonds. The maximum Gasteiger partial charge on any atom is 0.329 e. The molecule has 1 aromatic heterocycles. The summed E-state index contributed by atoms with van der Waals surface area (Å²) in [6.07, 6.45) is 4.14. The number of hydrogen-bond donors (Lipinski definition) is 0. The molecular formula is C9H6N4OS2. The second kappa shape index (κ2) is 2.86. The van der Waals surface area contributed by atoms with Crippen LogP contribution in [-0.2, 0) is 0 Å². The maximum atomic E-state index is 11.2. The second-order valence-electron chi connectivity index (χ2n) is 3.83. The van der Waals surface area contributed by atoms with Crippen molar-refractivity contribution in [1.82, 2.24) is 19.6 Å². The smallest absolute Gasteiger partial charge is 0.255 e. The minimum Gasteiger partial charge on any atom is -0.255 e. The molecule has 2 aliphatic heterocycles. The molecule has 0 N–H and O–H groups in total. The first-order valence-electron chi connectivity index (χ1n) is 4.96.